The van der Waals surface area contributed by atoms with Gasteiger partial charge in [-0.25, -0.2) is 0 Å². The van der Waals surface area contributed by atoms with Gasteiger partial charge in [0, 0.05) is 0 Å². The Hall–Kier alpha value is -1.36. The molecule has 31 heavy (non-hydrogen) atoms. The van der Waals surface area contributed by atoms with Crippen LogP contribution in [0.3, 0.4) is 0 Å². The van der Waals surface area contributed by atoms with Gasteiger partial charge in [-0.05, 0) is 32.7 Å². The molecule has 4 rings (SSSR count). The van der Waals surface area contributed by atoms with Gasteiger partial charge in [-0.15, -0.1) is 0 Å². The smallest absolute Gasteiger partial charge is 0.0121 e. The largest absolute Gasteiger partial charge is 0.779 e. The zero-order valence-electron chi connectivity index (χ0n) is 18.5. The van der Waals surface area contributed by atoms with Gasteiger partial charge in [0.05, 0.1) is 0 Å². The Balaban J connectivity index is 0.000000259. The Kier molecular flexibility index (Phi) is 9.88. The summed E-state index contributed by atoms with van der Waals surface area (Å²) in [6, 6.07) is 24.8. The van der Waals surface area contributed by atoms with Gasteiger partial charge in [-0.3, -0.25) is 0 Å². The minimum Gasteiger partial charge on any atom is -0.779 e. The first-order chi connectivity index (χ1) is 15.2. The van der Waals surface area contributed by atoms with Crippen molar-refractivity contribution in [3.63, 3.8) is 0 Å². The van der Waals surface area contributed by atoms with E-state index < -0.39 is 0 Å². The fourth-order valence-corrected chi connectivity index (χ4v) is 8.47. The molecule has 0 N–H and O–H groups in total. The second-order valence-corrected chi connectivity index (χ2v) is 12.9. The normalized spacial score (nSPS) is 10.5. The maximum Gasteiger partial charge on any atom is -0.0121 e. The molecule has 0 aliphatic heterocycles. The molecule has 0 amide bonds. The van der Waals surface area contributed by atoms with Crippen LogP contribution in [-0.4, -0.2) is 21.1 Å². The summed E-state index contributed by atoms with van der Waals surface area (Å²) in [6.45, 7) is 4.58. The molecule has 0 saturated heterocycles. The van der Waals surface area contributed by atoms with Crippen LogP contribution in [0.4, 0.5) is 0 Å². The average molecular weight is 549 g/mol. The van der Waals surface area contributed by atoms with Crippen LogP contribution in [0.15, 0.2) is 82.6 Å². The maximum atomic E-state index is 5.64. The first-order valence-electron chi connectivity index (χ1n) is 11.3. The van der Waals surface area contributed by atoms with E-state index in [9.17, 15) is 0 Å². The van der Waals surface area contributed by atoms with E-state index in [0.29, 0.717) is 0 Å². The summed E-state index contributed by atoms with van der Waals surface area (Å²) in [6.07, 6.45) is 5.84. The summed E-state index contributed by atoms with van der Waals surface area (Å²) < 4.78 is 3.25. The fraction of sp³-hybridized carbons (Fsp3) is 0.286. The van der Waals surface area contributed by atoms with Gasteiger partial charge >= 0.3 is 69.5 Å². The van der Waals surface area contributed by atoms with E-state index in [0.717, 1.165) is 31.7 Å². The molecular formula is C28H30S2Sn. The monoisotopic (exact) mass is 550 g/mol. The van der Waals surface area contributed by atoms with E-state index in [4.69, 9.17) is 25.3 Å². The Morgan fingerprint density at radius 1 is 0.581 bits per heavy atom. The topological polar surface area (TPSA) is 0 Å². The first kappa shape index (κ1) is 24.3. The Labute approximate surface area is 208 Å². The van der Waals surface area contributed by atoms with Crippen LogP contribution >= 0.6 is 0 Å². The summed E-state index contributed by atoms with van der Waals surface area (Å²) >= 11 is 11.4. The van der Waals surface area contributed by atoms with Crippen LogP contribution in [0.2, 0.25) is 8.87 Å². The van der Waals surface area contributed by atoms with E-state index in [-0.39, 0.29) is 21.1 Å². The molecule has 0 heterocycles. The predicted octanol–water partition coefficient (Wildman–Crippen LogP) is 8.60. The molecule has 0 fully saturated rings. The molecule has 0 aromatic heterocycles. The van der Waals surface area contributed by atoms with Crippen molar-refractivity contribution in [1.29, 1.82) is 0 Å². The molecule has 0 aliphatic carbocycles. The molecule has 0 aliphatic rings. The summed E-state index contributed by atoms with van der Waals surface area (Å²) in [5.41, 5.74) is 2.16. The minimum atomic E-state index is 0.149. The van der Waals surface area contributed by atoms with Crippen molar-refractivity contribution in [3.05, 3.63) is 72.8 Å². The van der Waals surface area contributed by atoms with Gasteiger partial charge in [0.1, 0.15) is 0 Å². The summed E-state index contributed by atoms with van der Waals surface area (Å²) in [7, 11) is 0. The minimum absolute atomic E-state index is 0.149. The van der Waals surface area contributed by atoms with Crippen LogP contribution in [0.25, 0.3) is 32.7 Å². The first-order valence-corrected chi connectivity index (χ1v) is 16.1. The van der Waals surface area contributed by atoms with Crippen LogP contribution in [0.1, 0.15) is 39.5 Å². The number of rotatable bonds is 7. The van der Waals surface area contributed by atoms with Crippen LogP contribution in [-0.2, 0) is 25.3 Å². The molecule has 0 bridgehead atoms. The number of hydrogen-bond acceptors (Lipinski definition) is 2. The van der Waals surface area contributed by atoms with E-state index in [2.05, 4.69) is 62.4 Å². The zero-order valence-corrected chi connectivity index (χ0v) is 23.0. The molecule has 3 heteroatoms. The van der Waals surface area contributed by atoms with E-state index in [1.165, 1.54) is 36.5 Å². The number of hydrogen-bond donors (Lipinski definition) is 0. The fourth-order valence-electron chi connectivity index (χ4n) is 3.75. The molecule has 0 saturated carbocycles. The summed E-state index contributed by atoms with van der Waals surface area (Å²) in [5, 5.41) is 4.71. The van der Waals surface area contributed by atoms with Crippen LogP contribution < -0.4 is 0 Å². The van der Waals surface area contributed by atoms with Gasteiger partial charge in [0.15, 0.2) is 0 Å². The van der Waals surface area contributed by atoms with E-state index in [1.54, 1.807) is 8.87 Å². The third-order valence-electron chi connectivity index (χ3n) is 5.45. The third-order valence-corrected chi connectivity index (χ3v) is 10.2. The number of unbranched alkanes of at least 4 members (excludes halogenated alkanes) is 2. The number of fused-ring (bicyclic) bond motifs is 2. The summed E-state index contributed by atoms with van der Waals surface area (Å²) in [4.78, 5) is 1.70. The van der Waals surface area contributed by atoms with E-state index in [1.807, 2.05) is 24.3 Å². The molecule has 0 spiro atoms. The quantitative estimate of drug-likeness (QED) is 0.129. The maximum absolute atomic E-state index is 5.64. The van der Waals surface area contributed by atoms with Crippen molar-refractivity contribution in [3.8, 4) is 11.1 Å². The van der Waals surface area contributed by atoms with Crippen molar-refractivity contribution >= 4 is 67.9 Å². The SMILES string of the molecule is CCC[CH2][Sn+2][CH2]CCC.[S-]c1ccc2ccccc2c1-c1c([S-])ccc2ccccc12. The molecule has 0 nitrogen and oxygen atoms in total. The second kappa shape index (κ2) is 12.6. The molecule has 0 radical (unpaired) electrons. The van der Waals surface area contributed by atoms with Crippen LogP contribution in [0.5, 0.6) is 0 Å². The van der Waals surface area contributed by atoms with Crippen molar-refractivity contribution in [2.24, 2.45) is 0 Å². The van der Waals surface area contributed by atoms with E-state index >= 15 is 0 Å². The van der Waals surface area contributed by atoms with Gasteiger partial charge in [-0.2, -0.15) is 9.79 Å². The Morgan fingerprint density at radius 2 is 1.00 bits per heavy atom. The molecule has 4 aromatic rings. The molecule has 0 unspecified atom stereocenters. The standard InChI is InChI=1S/C20H14S2.2C4H9.Sn/c21-17-11-9-13-5-1-3-7-15(13)19(17)20-16-8-4-2-6-14(16)10-12-18(20)22;2*1-3-4-2;/h1-12,21-22H;2*1,3-4H2,2H3;/q;;;+2/p-2. The predicted molar refractivity (Wildman–Crippen MR) is 143 cm³/mol. The van der Waals surface area contributed by atoms with Gasteiger partial charge < -0.3 is 25.3 Å². The summed E-state index contributed by atoms with van der Waals surface area (Å²) in [5.74, 6) is 0. The Morgan fingerprint density at radius 3 is 1.42 bits per heavy atom. The van der Waals surface area contributed by atoms with Crippen molar-refractivity contribution < 1.29 is 0 Å². The van der Waals surface area contributed by atoms with Gasteiger partial charge in [0.25, 0.3) is 0 Å². The Bertz CT molecular complexity index is 1030. The molecule has 0 atom stereocenters. The third kappa shape index (κ3) is 6.34. The number of benzene rings is 4. The van der Waals surface area contributed by atoms with Crippen LogP contribution in [0, 0.1) is 0 Å². The second-order valence-electron chi connectivity index (χ2n) is 7.78. The zero-order chi connectivity index (χ0) is 22.1. The molecule has 4 aromatic carbocycles. The average Bonchev–Trinajstić information content (AvgIpc) is 2.80. The van der Waals surface area contributed by atoms with Crippen molar-refractivity contribution in [1.82, 2.24) is 0 Å². The molecule has 158 valence electrons. The van der Waals surface area contributed by atoms with Gasteiger partial charge in [-0.1, -0.05) is 72.8 Å². The molecular weight excluding hydrogens is 519 g/mol. The van der Waals surface area contributed by atoms with Crippen molar-refractivity contribution in [2.75, 3.05) is 0 Å². The van der Waals surface area contributed by atoms with Crippen molar-refractivity contribution in [2.45, 2.75) is 58.2 Å². The van der Waals surface area contributed by atoms with Gasteiger partial charge in [0.2, 0.25) is 0 Å².